The van der Waals surface area contributed by atoms with E-state index in [0.29, 0.717) is 17.8 Å². The van der Waals surface area contributed by atoms with E-state index in [1.165, 1.54) is 5.47 Å². The first-order valence-corrected chi connectivity index (χ1v) is 9.97. The van der Waals surface area contributed by atoms with Crippen molar-refractivity contribution in [2.45, 2.75) is 6.54 Å². The minimum atomic E-state index is -0.103. The molecule has 2 aromatic carbocycles. The molecule has 6 heteroatoms. The minimum Gasteiger partial charge on any atom is -0.310 e. The van der Waals surface area contributed by atoms with Crippen LogP contribution in [0.25, 0.3) is 28.0 Å². The molecule has 0 aliphatic carbocycles. The standard InChI is InChI=1S/C24H20BN4O/c30-24-18(15-26-16-19-10-7-13-25-19)14-21-22(17-8-3-1-4-9-17)28-29(23(21)27-24)20-11-5-2-6-12-20/h1-14,26H,15-16H2,(H,27,30). The van der Waals surface area contributed by atoms with Crippen molar-refractivity contribution in [1.29, 1.82) is 0 Å². The zero-order valence-corrected chi connectivity index (χ0v) is 16.4. The van der Waals surface area contributed by atoms with Crippen LogP contribution in [-0.4, -0.2) is 28.6 Å². The molecular formula is C24H20BN4O. The Balaban J connectivity index is 1.58. The minimum absolute atomic E-state index is 0.103. The first-order chi connectivity index (χ1) is 14.8. The van der Waals surface area contributed by atoms with E-state index in [2.05, 4.69) is 23.7 Å². The fourth-order valence-electron chi connectivity index (χ4n) is 3.68. The SMILES string of the molecule is O=c1[nH]c2c(cc1CNCC1=CC=C[B]1)c(-c1ccccc1)nn2-c1ccccc1. The molecular weight excluding hydrogens is 371 g/mol. The molecule has 0 unspecified atom stereocenters. The Labute approximate surface area is 175 Å². The molecule has 5 rings (SSSR count). The maximum atomic E-state index is 12.8. The number of rotatable bonds is 6. The fourth-order valence-corrected chi connectivity index (χ4v) is 3.68. The number of fused-ring (bicyclic) bond motifs is 1. The van der Waals surface area contributed by atoms with Crippen molar-refractivity contribution in [2.75, 3.05) is 6.54 Å². The molecule has 0 amide bonds. The number of H-pyrrole nitrogens is 1. The van der Waals surface area contributed by atoms with Crippen LogP contribution in [0, 0.1) is 0 Å². The summed E-state index contributed by atoms with van der Waals surface area (Å²) in [5.74, 6) is 2.01. The van der Waals surface area contributed by atoms with Crippen LogP contribution in [0.4, 0.5) is 0 Å². The van der Waals surface area contributed by atoms with Crippen molar-refractivity contribution in [3.05, 3.63) is 106 Å². The Morgan fingerprint density at radius 3 is 2.50 bits per heavy atom. The Morgan fingerprint density at radius 1 is 1.00 bits per heavy atom. The summed E-state index contributed by atoms with van der Waals surface area (Å²) in [6, 6.07) is 21.9. The fraction of sp³-hybridized carbons (Fsp3) is 0.0833. The summed E-state index contributed by atoms with van der Waals surface area (Å²) in [7, 11) is 2.07. The first-order valence-electron chi connectivity index (χ1n) is 9.97. The normalized spacial score (nSPS) is 12.9. The lowest BCUT2D eigenvalue weighted by molar-refractivity contribution is 0.746. The Bertz CT molecular complexity index is 1300. The number of aromatic nitrogens is 3. The largest absolute Gasteiger partial charge is 0.310 e. The topological polar surface area (TPSA) is 62.7 Å². The highest BCUT2D eigenvalue weighted by Gasteiger charge is 2.16. The van der Waals surface area contributed by atoms with Crippen molar-refractivity contribution in [3.63, 3.8) is 0 Å². The highest BCUT2D eigenvalue weighted by molar-refractivity contribution is 6.52. The zero-order chi connectivity index (χ0) is 20.3. The predicted molar refractivity (Wildman–Crippen MR) is 122 cm³/mol. The Morgan fingerprint density at radius 2 is 1.77 bits per heavy atom. The third-order valence-corrected chi connectivity index (χ3v) is 5.19. The monoisotopic (exact) mass is 391 g/mol. The van der Waals surface area contributed by atoms with Crippen LogP contribution in [-0.2, 0) is 6.54 Å². The lowest BCUT2D eigenvalue weighted by atomic mass is 9.73. The lowest BCUT2D eigenvalue weighted by Crippen LogP contribution is -2.23. The second-order valence-corrected chi connectivity index (χ2v) is 7.24. The lowest BCUT2D eigenvalue weighted by Gasteiger charge is -2.06. The Kier molecular flexibility index (Phi) is 4.91. The van der Waals surface area contributed by atoms with Crippen LogP contribution in [0.3, 0.4) is 0 Å². The average molecular weight is 391 g/mol. The van der Waals surface area contributed by atoms with E-state index in [1.54, 1.807) is 4.68 Å². The van der Waals surface area contributed by atoms with Crippen LogP contribution >= 0.6 is 0 Å². The van der Waals surface area contributed by atoms with Gasteiger partial charge in [-0.15, -0.1) is 5.98 Å². The number of aromatic amines is 1. The molecule has 145 valence electrons. The number of allylic oxidation sites excluding steroid dienone is 2. The summed E-state index contributed by atoms with van der Waals surface area (Å²) in [4.78, 5) is 15.9. The summed E-state index contributed by atoms with van der Waals surface area (Å²) in [6.45, 7) is 1.21. The number of pyridine rings is 1. The van der Waals surface area contributed by atoms with Crippen LogP contribution < -0.4 is 10.9 Å². The molecule has 0 saturated carbocycles. The van der Waals surface area contributed by atoms with E-state index in [4.69, 9.17) is 5.10 Å². The van der Waals surface area contributed by atoms with E-state index < -0.39 is 0 Å². The van der Waals surface area contributed by atoms with Crippen LogP contribution in [0.5, 0.6) is 0 Å². The number of nitrogens with zero attached hydrogens (tertiary/aromatic N) is 2. The van der Waals surface area contributed by atoms with Crippen molar-refractivity contribution in [2.24, 2.45) is 0 Å². The molecule has 3 heterocycles. The molecule has 1 aliphatic heterocycles. The highest BCUT2D eigenvalue weighted by Crippen LogP contribution is 2.28. The summed E-state index contributed by atoms with van der Waals surface area (Å²) >= 11 is 0. The van der Waals surface area contributed by atoms with Gasteiger partial charge in [0, 0.05) is 29.6 Å². The second kappa shape index (κ2) is 8.01. The first kappa shape index (κ1) is 18.4. The quantitative estimate of drug-likeness (QED) is 0.494. The van der Waals surface area contributed by atoms with Gasteiger partial charge in [0.25, 0.3) is 5.56 Å². The van der Waals surface area contributed by atoms with E-state index in [9.17, 15) is 4.79 Å². The van der Waals surface area contributed by atoms with E-state index >= 15 is 0 Å². The van der Waals surface area contributed by atoms with E-state index in [-0.39, 0.29) is 5.56 Å². The molecule has 1 aliphatic rings. The average Bonchev–Trinajstić information content (AvgIpc) is 3.43. The van der Waals surface area contributed by atoms with Crippen molar-refractivity contribution >= 4 is 18.3 Å². The smallest absolute Gasteiger partial charge is 0.254 e. The maximum absolute atomic E-state index is 12.8. The van der Waals surface area contributed by atoms with Gasteiger partial charge >= 0.3 is 0 Å². The van der Waals surface area contributed by atoms with Gasteiger partial charge in [0.15, 0.2) is 7.28 Å². The van der Waals surface area contributed by atoms with Gasteiger partial charge in [-0.25, -0.2) is 4.68 Å². The maximum Gasteiger partial charge on any atom is 0.254 e. The van der Waals surface area contributed by atoms with Gasteiger partial charge < -0.3 is 10.3 Å². The van der Waals surface area contributed by atoms with Crippen LogP contribution in [0.15, 0.2) is 95.1 Å². The van der Waals surface area contributed by atoms with Crippen LogP contribution in [0.2, 0.25) is 0 Å². The molecule has 0 bridgehead atoms. The molecule has 0 fully saturated rings. The molecule has 0 spiro atoms. The molecule has 30 heavy (non-hydrogen) atoms. The van der Waals surface area contributed by atoms with Gasteiger partial charge in [-0.05, 0) is 18.2 Å². The molecule has 2 aromatic heterocycles. The molecule has 1 radical (unpaired) electrons. The number of benzene rings is 2. The van der Waals surface area contributed by atoms with Crippen molar-refractivity contribution in [1.82, 2.24) is 20.1 Å². The predicted octanol–water partition coefficient (Wildman–Crippen LogP) is 3.59. The summed E-state index contributed by atoms with van der Waals surface area (Å²) in [5.41, 5.74) is 5.26. The van der Waals surface area contributed by atoms with Gasteiger partial charge in [0.1, 0.15) is 11.3 Å². The van der Waals surface area contributed by atoms with E-state index in [0.717, 1.165) is 28.9 Å². The van der Waals surface area contributed by atoms with Gasteiger partial charge in [-0.1, -0.05) is 66.2 Å². The molecule has 4 aromatic rings. The zero-order valence-electron chi connectivity index (χ0n) is 16.4. The Hall–Kier alpha value is -3.64. The van der Waals surface area contributed by atoms with Crippen molar-refractivity contribution < 1.29 is 0 Å². The number of para-hydroxylation sites is 1. The van der Waals surface area contributed by atoms with Gasteiger partial charge in [0.2, 0.25) is 0 Å². The number of hydrogen-bond acceptors (Lipinski definition) is 3. The number of nitrogens with one attached hydrogen (secondary N) is 2. The van der Waals surface area contributed by atoms with Gasteiger partial charge in [0.05, 0.1) is 5.69 Å². The van der Waals surface area contributed by atoms with Gasteiger partial charge in [-0.2, -0.15) is 5.10 Å². The summed E-state index contributed by atoms with van der Waals surface area (Å²) in [5, 5.41) is 9.14. The molecule has 0 saturated heterocycles. The third kappa shape index (κ3) is 3.53. The summed E-state index contributed by atoms with van der Waals surface area (Å²) in [6.07, 6.45) is 4.08. The van der Waals surface area contributed by atoms with E-state index in [1.807, 2.05) is 78.8 Å². The molecule has 2 N–H and O–H groups in total. The summed E-state index contributed by atoms with van der Waals surface area (Å²) < 4.78 is 1.81. The highest BCUT2D eigenvalue weighted by atomic mass is 16.1. The third-order valence-electron chi connectivity index (χ3n) is 5.19. The molecule has 0 atom stereocenters. The molecule has 5 nitrogen and oxygen atoms in total. The van der Waals surface area contributed by atoms with Crippen molar-refractivity contribution in [3.8, 4) is 16.9 Å². The number of hydrogen-bond donors (Lipinski definition) is 2. The second-order valence-electron chi connectivity index (χ2n) is 7.24. The van der Waals surface area contributed by atoms with Gasteiger partial charge in [-0.3, -0.25) is 4.79 Å². The van der Waals surface area contributed by atoms with Crippen LogP contribution in [0.1, 0.15) is 5.56 Å².